The standard InChI is InChI=1S/C27H22N2O2/c1-3-8-24(9-4-1)30-26-16-12-22(13-17-26)28-20-7-21-29-23-14-18-27(19-15-23)31-25-10-5-2-6-11-25/h1-21,28H. The van der Waals surface area contributed by atoms with Crippen LogP contribution in [0.3, 0.4) is 0 Å². The summed E-state index contributed by atoms with van der Waals surface area (Å²) in [6, 6.07) is 34.8. The number of hydrogen-bond acceptors (Lipinski definition) is 4. The summed E-state index contributed by atoms with van der Waals surface area (Å²) in [5, 5.41) is 3.21. The zero-order valence-corrected chi connectivity index (χ0v) is 16.9. The fourth-order valence-corrected chi connectivity index (χ4v) is 2.79. The van der Waals surface area contributed by atoms with Crippen LogP contribution in [0.25, 0.3) is 0 Å². The normalized spacial score (nSPS) is 11.0. The maximum absolute atomic E-state index is 5.79. The molecular weight excluding hydrogens is 384 g/mol. The Labute approximate surface area is 182 Å². The van der Waals surface area contributed by atoms with Crippen LogP contribution in [0.15, 0.2) is 126 Å². The molecule has 0 saturated heterocycles. The SMILES string of the molecule is C(=CNc1ccc(Oc2ccccc2)cc1)C=Nc1ccc(Oc2ccccc2)cc1. The van der Waals surface area contributed by atoms with E-state index in [2.05, 4.69) is 10.3 Å². The largest absolute Gasteiger partial charge is 0.457 e. The lowest BCUT2D eigenvalue weighted by Crippen LogP contribution is -1.88. The number of benzene rings is 4. The van der Waals surface area contributed by atoms with Gasteiger partial charge in [-0.15, -0.1) is 0 Å². The zero-order chi connectivity index (χ0) is 21.1. The van der Waals surface area contributed by atoms with Gasteiger partial charge < -0.3 is 14.8 Å². The highest BCUT2D eigenvalue weighted by Gasteiger charge is 1.97. The Balaban J connectivity index is 1.25. The molecule has 0 atom stereocenters. The number of hydrogen-bond donors (Lipinski definition) is 1. The molecular formula is C27H22N2O2. The third-order valence-electron chi connectivity index (χ3n) is 4.30. The Hall–Kier alpha value is -4.31. The lowest BCUT2D eigenvalue weighted by atomic mass is 10.3. The fraction of sp³-hybridized carbons (Fsp3) is 0. The first-order chi connectivity index (χ1) is 15.3. The predicted octanol–water partition coefficient (Wildman–Crippen LogP) is 7.60. The van der Waals surface area contributed by atoms with Crippen LogP contribution in [0, 0.1) is 0 Å². The molecule has 0 amide bonds. The van der Waals surface area contributed by atoms with Crippen molar-refractivity contribution in [1.29, 1.82) is 0 Å². The Morgan fingerprint density at radius 1 is 0.548 bits per heavy atom. The summed E-state index contributed by atoms with van der Waals surface area (Å²) < 4.78 is 11.6. The molecule has 4 heteroatoms. The Bertz CT molecular complexity index is 1120. The second-order valence-corrected chi connectivity index (χ2v) is 6.63. The molecule has 1 N–H and O–H groups in total. The van der Waals surface area contributed by atoms with Gasteiger partial charge in [0.1, 0.15) is 23.0 Å². The number of nitrogens with one attached hydrogen (secondary N) is 1. The third kappa shape index (κ3) is 6.34. The molecule has 0 aromatic heterocycles. The van der Waals surface area contributed by atoms with Crippen molar-refractivity contribution in [3.63, 3.8) is 0 Å². The Morgan fingerprint density at radius 3 is 1.58 bits per heavy atom. The number of aliphatic imine (C=N–C) groups is 1. The van der Waals surface area contributed by atoms with Gasteiger partial charge in [-0.25, -0.2) is 0 Å². The minimum atomic E-state index is 0.780. The molecule has 0 fully saturated rings. The minimum absolute atomic E-state index is 0.780. The average molecular weight is 406 g/mol. The molecule has 4 aromatic carbocycles. The first kappa shape index (κ1) is 20.0. The zero-order valence-electron chi connectivity index (χ0n) is 16.9. The number of ether oxygens (including phenoxy) is 2. The third-order valence-corrected chi connectivity index (χ3v) is 4.30. The van der Waals surface area contributed by atoms with E-state index in [1.54, 1.807) is 6.21 Å². The van der Waals surface area contributed by atoms with Crippen LogP contribution in [0.1, 0.15) is 0 Å². The molecule has 0 aliphatic carbocycles. The monoisotopic (exact) mass is 406 g/mol. The summed E-state index contributed by atoms with van der Waals surface area (Å²) in [6.07, 6.45) is 5.43. The number of nitrogens with zero attached hydrogens (tertiary/aromatic N) is 1. The van der Waals surface area contributed by atoms with Crippen molar-refractivity contribution < 1.29 is 9.47 Å². The fourth-order valence-electron chi connectivity index (χ4n) is 2.79. The van der Waals surface area contributed by atoms with Crippen LogP contribution < -0.4 is 14.8 Å². The van der Waals surface area contributed by atoms with Gasteiger partial charge in [0.25, 0.3) is 0 Å². The highest BCUT2D eigenvalue weighted by molar-refractivity contribution is 5.75. The van der Waals surface area contributed by atoms with Gasteiger partial charge in [0.15, 0.2) is 0 Å². The second-order valence-electron chi connectivity index (χ2n) is 6.63. The van der Waals surface area contributed by atoms with Crippen molar-refractivity contribution in [1.82, 2.24) is 0 Å². The maximum atomic E-state index is 5.79. The molecule has 4 aromatic rings. The van der Waals surface area contributed by atoms with E-state index in [9.17, 15) is 0 Å². The van der Waals surface area contributed by atoms with Crippen molar-refractivity contribution in [2.75, 3.05) is 5.32 Å². The summed E-state index contributed by atoms with van der Waals surface area (Å²) in [6.45, 7) is 0. The van der Waals surface area contributed by atoms with Crippen LogP contribution >= 0.6 is 0 Å². The highest BCUT2D eigenvalue weighted by atomic mass is 16.5. The number of anilines is 1. The summed E-state index contributed by atoms with van der Waals surface area (Å²) >= 11 is 0. The van der Waals surface area contributed by atoms with Gasteiger partial charge in [-0.05, 0) is 78.9 Å². The summed E-state index contributed by atoms with van der Waals surface area (Å²) in [5.41, 5.74) is 1.82. The van der Waals surface area contributed by atoms with Gasteiger partial charge in [0.2, 0.25) is 0 Å². The van der Waals surface area contributed by atoms with Gasteiger partial charge in [-0.2, -0.15) is 0 Å². The van der Waals surface area contributed by atoms with Crippen molar-refractivity contribution in [3.05, 3.63) is 121 Å². The molecule has 0 heterocycles. The van der Waals surface area contributed by atoms with Crippen molar-refractivity contribution in [3.8, 4) is 23.0 Å². The number of para-hydroxylation sites is 2. The number of allylic oxidation sites excluding steroid dienone is 1. The average Bonchev–Trinajstić information content (AvgIpc) is 2.82. The smallest absolute Gasteiger partial charge is 0.127 e. The number of rotatable bonds is 8. The van der Waals surface area contributed by atoms with Crippen LogP contribution in [-0.2, 0) is 0 Å². The lowest BCUT2D eigenvalue weighted by Gasteiger charge is -2.06. The molecule has 0 aliphatic heterocycles. The molecule has 31 heavy (non-hydrogen) atoms. The first-order valence-electron chi connectivity index (χ1n) is 9.97. The van der Waals surface area contributed by atoms with Crippen LogP contribution in [0.2, 0.25) is 0 Å². The summed E-state index contributed by atoms with van der Waals surface area (Å²) in [4.78, 5) is 4.42. The molecule has 4 nitrogen and oxygen atoms in total. The lowest BCUT2D eigenvalue weighted by molar-refractivity contribution is 0.482. The van der Waals surface area contributed by atoms with Gasteiger partial charge in [0, 0.05) is 18.1 Å². The Morgan fingerprint density at radius 2 is 1.03 bits per heavy atom. The van der Waals surface area contributed by atoms with Gasteiger partial charge in [0.05, 0.1) is 5.69 Å². The molecule has 0 unspecified atom stereocenters. The van der Waals surface area contributed by atoms with E-state index in [4.69, 9.17) is 9.47 Å². The summed E-state index contributed by atoms with van der Waals surface area (Å²) in [5.74, 6) is 3.20. The van der Waals surface area contributed by atoms with E-state index in [0.717, 1.165) is 34.4 Å². The minimum Gasteiger partial charge on any atom is -0.457 e. The van der Waals surface area contributed by atoms with E-state index in [-0.39, 0.29) is 0 Å². The van der Waals surface area contributed by atoms with E-state index in [0.29, 0.717) is 0 Å². The van der Waals surface area contributed by atoms with E-state index in [1.165, 1.54) is 0 Å². The van der Waals surface area contributed by atoms with E-state index < -0.39 is 0 Å². The van der Waals surface area contributed by atoms with Gasteiger partial charge >= 0.3 is 0 Å². The van der Waals surface area contributed by atoms with Crippen molar-refractivity contribution >= 4 is 17.6 Å². The highest BCUT2D eigenvalue weighted by Crippen LogP contribution is 2.24. The predicted molar refractivity (Wildman–Crippen MR) is 127 cm³/mol. The molecule has 4 rings (SSSR count). The molecule has 0 aliphatic rings. The van der Waals surface area contributed by atoms with E-state index >= 15 is 0 Å². The second kappa shape index (κ2) is 10.5. The van der Waals surface area contributed by atoms with Crippen LogP contribution in [-0.4, -0.2) is 6.21 Å². The maximum Gasteiger partial charge on any atom is 0.127 e. The van der Waals surface area contributed by atoms with Gasteiger partial charge in [-0.1, -0.05) is 36.4 Å². The van der Waals surface area contributed by atoms with E-state index in [1.807, 2.05) is 121 Å². The quantitative estimate of drug-likeness (QED) is 0.306. The molecule has 0 radical (unpaired) electrons. The summed E-state index contributed by atoms with van der Waals surface area (Å²) in [7, 11) is 0. The van der Waals surface area contributed by atoms with Gasteiger partial charge in [-0.3, -0.25) is 4.99 Å². The van der Waals surface area contributed by atoms with Crippen LogP contribution in [0.4, 0.5) is 11.4 Å². The molecule has 0 spiro atoms. The Kier molecular flexibility index (Phi) is 6.74. The molecule has 0 saturated carbocycles. The van der Waals surface area contributed by atoms with Crippen molar-refractivity contribution in [2.24, 2.45) is 4.99 Å². The van der Waals surface area contributed by atoms with Crippen LogP contribution in [0.5, 0.6) is 23.0 Å². The topological polar surface area (TPSA) is 42.8 Å². The first-order valence-corrected chi connectivity index (χ1v) is 9.97. The molecule has 0 bridgehead atoms. The molecule has 152 valence electrons. The van der Waals surface area contributed by atoms with Crippen molar-refractivity contribution in [2.45, 2.75) is 0 Å².